The summed E-state index contributed by atoms with van der Waals surface area (Å²) in [7, 11) is 1.65. The van der Waals surface area contributed by atoms with Gasteiger partial charge in [-0.05, 0) is 19.9 Å². The minimum atomic E-state index is -0.0479. The van der Waals surface area contributed by atoms with Gasteiger partial charge in [-0.25, -0.2) is 0 Å². The quantitative estimate of drug-likeness (QED) is 0.787. The van der Waals surface area contributed by atoms with Crippen molar-refractivity contribution in [2.45, 2.75) is 26.8 Å². The highest BCUT2D eigenvalue weighted by atomic mass is 16.5. The zero-order chi connectivity index (χ0) is 18.4. The molecule has 6 heteroatoms. The van der Waals surface area contributed by atoms with Crippen molar-refractivity contribution in [2.24, 2.45) is 0 Å². The van der Waals surface area contributed by atoms with Gasteiger partial charge < -0.3 is 14.5 Å². The minimum absolute atomic E-state index is 0.0479. The van der Waals surface area contributed by atoms with Gasteiger partial charge in [0.1, 0.15) is 5.75 Å². The fourth-order valence-electron chi connectivity index (χ4n) is 3.38. The Morgan fingerprint density at radius 1 is 1.20 bits per heavy atom. The molecule has 2 rings (SSSR count). The number of piperazine rings is 1. The van der Waals surface area contributed by atoms with Crippen LogP contribution in [-0.4, -0.2) is 72.9 Å². The molecule has 1 aromatic carbocycles. The first-order valence-electron chi connectivity index (χ1n) is 8.92. The van der Waals surface area contributed by atoms with Crippen molar-refractivity contribution in [3.8, 4) is 5.75 Å². The van der Waals surface area contributed by atoms with Crippen molar-refractivity contribution in [3.05, 3.63) is 29.8 Å². The molecule has 1 heterocycles. The SMILES string of the molecule is CCN(CC)C(=O)CN1CCN(C(C)=O)C[C@@H]1c1ccccc1OC. The van der Waals surface area contributed by atoms with E-state index in [4.69, 9.17) is 4.74 Å². The fourth-order valence-corrected chi connectivity index (χ4v) is 3.38. The van der Waals surface area contributed by atoms with Gasteiger partial charge in [-0.2, -0.15) is 0 Å². The zero-order valence-corrected chi connectivity index (χ0v) is 15.7. The lowest BCUT2D eigenvalue weighted by Crippen LogP contribution is -2.52. The van der Waals surface area contributed by atoms with Crippen molar-refractivity contribution < 1.29 is 14.3 Å². The average molecular weight is 347 g/mol. The first-order chi connectivity index (χ1) is 12.0. The Hall–Kier alpha value is -2.08. The third-order valence-electron chi connectivity index (χ3n) is 4.89. The summed E-state index contributed by atoms with van der Waals surface area (Å²) in [4.78, 5) is 30.3. The van der Waals surface area contributed by atoms with E-state index in [1.807, 2.05) is 47.9 Å². The summed E-state index contributed by atoms with van der Waals surface area (Å²) in [6, 6.07) is 7.79. The predicted molar refractivity (Wildman–Crippen MR) is 97.5 cm³/mol. The Bertz CT molecular complexity index is 601. The highest BCUT2D eigenvalue weighted by Crippen LogP contribution is 2.32. The number of carbonyl (C=O) groups excluding carboxylic acids is 2. The van der Waals surface area contributed by atoms with E-state index in [2.05, 4.69) is 4.90 Å². The summed E-state index contributed by atoms with van der Waals surface area (Å²) in [5.74, 6) is 0.981. The number of para-hydroxylation sites is 1. The Kier molecular flexibility index (Phi) is 6.82. The van der Waals surface area contributed by atoms with Crippen LogP contribution >= 0.6 is 0 Å². The highest BCUT2D eigenvalue weighted by molar-refractivity contribution is 5.78. The van der Waals surface area contributed by atoms with Gasteiger partial charge in [-0.15, -0.1) is 0 Å². The molecular formula is C19H29N3O3. The largest absolute Gasteiger partial charge is 0.496 e. The monoisotopic (exact) mass is 347 g/mol. The molecule has 1 saturated heterocycles. The number of rotatable bonds is 6. The molecule has 25 heavy (non-hydrogen) atoms. The molecule has 0 aliphatic carbocycles. The molecule has 6 nitrogen and oxygen atoms in total. The van der Waals surface area contributed by atoms with Crippen molar-refractivity contribution in [1.82, 2.24) is 14.7 Å². The third kappa shape index (κ3) is 4.51. The van der Waals surface area contributed by atoms with E-state index in [0.717, 1.165) is 11.3 Å². The summed E-state index contributed by atoms with van der Waals surface area (Å²) in [6.45, 7) is 9.25. The van der Waals surface area contributed by atoms with Crippen molar-refractivity contribution >= 4 is 11.8 Å². The standard InChI is InChI=1S/C19H29N3O3/c1-5-20(6-2)19(24)14-22-12-11-21(15(3)23)13-17(22)16-9-7-8-10-18(16)25-4/h7-10,17H,5-6,11-14H2,1-4H3/t17-/m1/s1. The summed E-state index contributed by atoms with van der Waals surface area (Å²) in [6.07, 6.45) is 0. The molecule has 0 radical (unpaired) electrons. The van der Waals surface area contributed by atoms with Gasteiger partial charge in [-0.3, -0.25) is 14.5 Å². The topological polar surface area (TPSA) is 53.1 Å². The molecule has 138 valence electrons. The number of amides is 2. The van der Waals surface area contributed by atoms with Gasteiger partial charge in [0.2, 0.25) is 11.8 Å². The highest BCUT2D eigenvalue weighted by Gasteiger charge is 2.32. The molecule has 1 aromatic rings. The molecule has 0 spiro atoms. The summed E-state index contributed by atoms with van der Waals surface area (Å²) >= 11 is 0. The molecule has 0 unspecified atom stereocenters. The summed E-state index contributed by atoms with van der Waals surface area (Å²) in [5.41, 5.74) is 1.02. The van der Waals surface area contributed by atoms with E-state index in [9.17, 15) is 9.59 Å². The molecule has 0 N–H and O–H groups in total. The minimum Gasteiger partial charge on any atom is -0.496 e. The van der Waals surface area contributed by atoms with Crippen LogP contribution in [0.1, 0.15) is 32.4 Å². The van der Waals surface area contributed by atoms with E-state index in [-0.39, 0.29) is 17.9 Å². The van der Waals surface area contributed by atoms with Gasteiger partial charge in [0.25, 0.3) is 0 Å². The van der Waals surface area contributed by atoms with Gasteiger partial charge in [0, 0.05) is 45.2 Å². The van der Waals surface area contributed by atoms with E-state index in [0.29, 0.717) is 39.3 Å². The van der Waals surface area contributed by atoms with Gasteiger partial charge in [0.15, 0.2) is 0 Å². The van der Waals surface area contributed by atoms with E-state index < -0.39 is 0 Å². The maximum atomic E-state index is 12.6. The van der Waals surface area contributed by atoms with Crippen LogP contribution in [0.25, 0.3) is 0 Å². The molecule has 0 bridgehead atoms. The van der Waals surface area contributed by atoms with Crippen LogP contribution in [-0.2, 0) is 9.59 Å². The smallest absolute Gasteiger partial charge is 0.236 e. The number of hydrogen-bond acceptors (Lipinski definition) is 4. The lowest BCUT2D eigenvalue weighted by Gasteiger charge is -2.42. The van der Waals surface area contributed by atoms with Crippen LogP contribution in [0.2, 0.25) is 0 Å². The summed E-state index contributed by atoms with van der Waals surface area (Å²) < 4.78 is 5.51. The van der Waals surface area contributed by atoms with Crippen molar-refractivity contribution in [2.75, 3.05) is 46.4 Å². The number of nitrogens with zero attached hydrogens (tertiary/aromatic N) is 3. The normalized spacial score (nSPS) is 18.1. The van der Waals surface area contributed by atoms with Crippen LogP contribution in [0.5, 0.6) is 5.75 Å². The summed E-state index contributed by atoms with van der Waals surface area (Å²) in [5, 5.41) is 0. The Labute approximate surface area is 150 Å². The van der Waals surface area contributed by atoms with E-state index in [1.54, 1.807) is 14.0 Å². The molecule has 2 amide bonds. The number of benzene rings is 1. The number of methoxy groups -OCH3 is 1. The number of ether oxygens (including phenoxy) is 1. The first-order valence-corrected chi connectivity index (χ1v) is 8.92. The van der Waals surface area contributed by atoms with Crippen molar-refractivity contribution in [3.63, 3.8) is 0 Å². The van der Waals surface area contributed by atoms with E-state index >= 15 is 0 Å². The molecular weight excluding hydrogens is 318 g/mol. The Morgan fingerprint density at radius 3 is 2.48 bits per heavy atom. The Morgan fingerprint density at radius 2 is 1.88 bits per heavy atom. The van der Waals surface area contributed by atoms with Gasteiger partial charge in [-0.1, -0.05) is 18.2 Å². The van der Waals surface area contributed by atoms with Crippen LogP contribution in [0.15, 0.2) is 24.3 Å². The number of carbonyl (C=O) groups is 2. The molecule has 0 saturated carbocycles. The van der Waals surface area contributed by atoms with Crippen LogP contribution in [0, 0.1) is 0 Å². The van der Waals surface area contributed by atoms with Crippen LogP contribution in [0.4, 0.5) is 0 Å². The van der Waals surface area contributed by atoms with Gasteiger partial charge in [0.05, 0.1) is 19.7 Å². The van der Waals surface area contributed by atoms with Crippen LogP contribution in [0.3, 0.4) is 0 Å². The van der Waals surface area contributed by atoms with Crippen molar-refractivity contribution in [1.29, 1.82) is 0 Å². The maximum absolute atomic E-state index is 12.6. The van der Waals surface area contributed by atoms with E-state index in [1.165, 1.54) is 0 Å². The molecule has 1 atom stereocenters. The second-order valence-electron chi connectivity index (χ2n) is 6.26. The predicted octanol–water partition coefficient (Wildman–Crippen LogP) is 1.77. The first kappa shape index (κ1) is 19.2. The molecule has 1 aliphatic rings. The second kappa shape index (κ2) is 8.85. The molecule has 0 aromatic heterocycles. The van der Waals surface area contributed by atoms with Crippen LogP contribution < -0.4 is 4.74 Å². The zero-order valence-electron chi connectivity index (χ0n) is 15.7. The Balaban J connectivity index is 2.27. The number of likely N-dealkylation sites (N-methyl/N-ethyl adjacent to an activating group) is 1. The average Bonchev–Trinajstić information content (AvgIpc) is 2.62. The number of hydrogen-bond donors (Lipinski definition) is 0. The second-order valence-corrected chi connectivity index (χ2v) is 6.26. The maximum Gasteiger partial charge on any atom is 0.236 e. The third-order valence-corrected chi connectivity index (χ3v) is 4.89. The van der Waals surface area contributed by atoms with Gasteiger partial charge >= 0.3 is 0 Å². The lowest BCUT2D eigenvalue weighted by atomic mass is 10.0. The fraction of sp³-hybridized carbons (Fsp3) is 0.579. The molecule has 1 aliphatic heterocycles. The molecule has 1 fully saturated rings. The lowest BCUT2D eigenvalue weighted by molar-refractivity contribution is -0.135.